The zero-order valence-corrected chi connectivity index (χ0v) is 16.5. The van der Waals surface area contributed by atoms with Gasteiger partial charge in [-0.3, -0.25) is 15.3 Å². The Bertz CT molecular complexity index is 1040. The molecule has 3 heterocycles. The summed E-state index contributed by atoms with van der Waals surface area (Å²) < 4.78 is 5.72. The number of dihydropyridines is 1. The van der Waals surface area contributed by atoms with Crippen LogP contribution < -0.4 is 5.32 Å². The molecule has 4 aliphatic rings. The van der Waals surface area contributed by atoms with E-state index in [2.05, 4.69) is 55.9 Å². The molecule has 1 spiro atoms. The normalized spacial score (nSPS) is 32.4. The summed E-state index contributed by atoms with van der Waals surface area (Å²) >= 11 is 0. The summed E-state index contributed by atoms with van der Waals surface area (Å²) in [6.45, 7) is 17.5. The summed E-state index contributed by atoms with van der Waals surface area (Å²) in [5.74, 6) is 1.02. The molecule has 3 aliphatic heterocycles. The van der Waals surface area contributed by atoms with Crippen LogP contribution in [0, 0.1) is 5.92 Å². The van der Waals surface area contributed by atoms with Crippen LogP contribution in [-0.4, -0.2) is 36.3 Å². The third-order valence-corrected chi connectivity index (χ3v) is 6.73. The second kappa shape index (κ2) is 6.53. The number of fused-ring (bicyclic) bond motifs is 4. The topological polar surface area (TPSA) is 46.0 Å². The van der Waals surface area contributed by atoms with Crippen molar-refractivity contribution in [2.24, 2.45) is 15.9 Å². The lowest BCUT2D eigenvalue weighted by atomic mass is 9.49. The van der Waals surface area contributed by atoms with Gasteiger partial charge < -0.3 is 4.74 Å². The summed E-state index contributed by atoms with van der Waals surface area (Å²) in [7, 11) is 0. The van der Waals surface area contributed by atoms with E-state index in [-0.39, 0.29) is 23.4 Å². The Balaban J connectivity index is 1.68. The third-order valence-electron chi connectivity index (χ3n) is 6.73. The summed E-state index contributed by atoms with van der Waals surface area (Å²) in [6.07, 6.45) is 6.55. The van der Waals surface area contributed by atoms with E-state index >= 15 is 0 Å². The van der Waals surface area contributed by atoms with Crippen LogP contribution in [0.1, 0.15) is 23.5 Å². The average Bonchev–Trinajstić information content (AvgIpc) is 2.93. The van der Waals surface area contributed by atoms with Gasteiger partial charge in [0.15, 0.2) is 0 Å². The number of aliphatic imine (C=N–C) groups is 2. The number of nitrogens with zero attached hydrogens (tertiary/aromatic N) is 2. The molecule has 1 aromatic carbocycles. The lowest BCUT2D eigenvalue weighted by Crippen LogP contribution is -2.64. The highest BCUT2D eigenvalue weighted by atomic mass is 16.5. The number of benzene rings is 1. The second-order valence-electron chi connectivity index (χ2n) is 8.02. The van der Waals surface area contributed by atoms with Crippen LogP contribution in [0.25, 0.3) is 0 Å². The Labute approximate surface area is 171 Å². The van der Waals surface area contributed by atoms with Gasteiger partial charge in [0, 0.05) is 29.5 Å². The minimum absolute atomic E-state index is 0.130. The van der Waals surface area contributed by atoms with Crippen molar-refractivity contribution < 1.29 is 4.74 Å². The zero-order chi connectivity index (χ0) is 20.2. The van der Waals surface area contributed by atoms with Crippen LogP contribution in [-0.2, 0) is 4.74 Å². The first-order valence-electron chi connectivity index (χ1n) is 10.0. The molecule has 1 N–H and O–H groups in total. The Hall–Kier alpha value is -2.98. The van der Waals surface area contributed by atoms with E-state index in [4.69, 9.17) is 14.7 Å². The smallest absolute Gasteiger partial charge is 0.139 e. The van der Waals surface area contributed by atoms with E-state index in [0.717, 1.165) is 35.5 Å². The molecule has 4 nitrogen and oxygen atoms in total. The van der Waals surface area contributed by atoms with Gasteiger partial charge in [0.2, 0.25) is 0 Å². The minimum atomic E-state index is -0.312. The molecule has 0 radical (unpaired) electrons. The molecule has 0 amide bonds. The van der Waals surface area contributed by atoms with Crippen LogP contribution in [0.2, 0.25) is 0 Å². The number of hydrogen-bond donors (Lipinski definition) is 1. The molecule has 1 fully saturated rings. The highest BCUT2D eigenvalue weighted by Gasteiger charge is 2.64. The zero-order valence-electron chi connectivity index (χ0n) is 16.5. The van der Waals surface area contributed by atoms with Crippen molar-refractivity contribution in [1.29, 1.82) is 0 Å². The monoisotopic (exact) mass is 383 g/mol. The van der Waals surface area contributed by atoms with Crippen LogP contribution in [0.15, 0.2) is 95.7 Å². The number of allylic oxidation sites excluding steroid dienone is 3. The van der Waals surface area contributed by atoms with E-state index in [1.165, 1.54) is 11.1 Å². The fourth-order valence-corrected chi connectivity index (χ4v) is 5.59. The lowest BCUT2D eigenvalue weighted by molar-refractivity contribution is 0.0910. The first kappa shape index (κ1) is 18.1. The van der Waals surface area contributed by atoms with Crippen molar-refractivity contribution in [3.05, 3.63) is 96.8 Å². The molecule has 146 valence electrons. The van der Waals surface area contributed by atoms with Crippen molar-refractivity contribution in [2.75, 3.05) is 13.3 Å². The summed E-state index contributed by atoms with van der Waals surface area (Å²) in [4.78, 5) is 10.4. The first-order chi connectivity index (χ1) is 14.1. The van der Waals surface area contributed by atoms with E-state index in [1.54, 1.807) is 0 Å². The second-order valence-corrected chi connectivity index (χ2v) is 8.02. The fourth-order valence-electron chi connectivity index (χ4n) is 5.59. The standard InChI is InChI=1S/C25H25N3O/c1-5-19-24-23(18-11-9-8-10-17(18)20(6-2)27-24)25(19)12-16-13-26-14-29-15(4)22(16)21(7-3)28-25/h5-11,19,23-24,26H,1-4,12-14H2. The summed E-state index contributed by atoms with van der Waals surface area (Å²) in [5.41, 5.74) is 6.25. The van der Waals surface area contributed by atoms with Crippen LogP contribution in [0.5, 0.6) is 0 Å². The molecule has 0 saturated heterocycles. The highest BCUT2D eigenvalue weighted by Crippen LogP contribution is 2.61. The van der Waals surface area contributed by atoms with Crippen LogP contribution in [0.3, 0.4) is 0 Å². The molecule has 4 heteroatoms. The molecule has 5 rings (SSSR count). The van der Waals surface area contributed by atoms with Gasteiger partial charge >= 0.3 is 0 Å². The largest absolute Gasteiger partial charge is 0.478 e. The lowest BCUT2D eigenvalue weighted by Gasteiger charge is -2.60. The number of ether oxygens (including phenoxy) is 1. The molecular weight excluding hydrogens is 358 g/mol. The summed E-state index contributed by atoms with van der Waals surface area (Å²) in [5, 5.41) is 3.35. The molecule has 1 aromatic rings. The maximum absolute atomic E-state index is 5.72. The molecule has 29 heavy (non-hydrogen) atoms. The van der Waals surface area contributed by atoms with E-state index < -0.39 is 0 Å². The quantitative estimate of drug-likeness (QED) is 0.799. The molecule has 4 unspecified atom stereocenters. The van der Waals surface area contributed by atoms with Crippen molar-refractivity contribution in [1.82, 2.24) is 5.32 Å². The van der Waals surface area contributed by atoms with Gasteiger partial charge in [-0.15, -0.1) is 6.58 Å². The SMILES string of the molecule is C=CC1=NC2(CC3=C1C(=C)OCNC3)C(C=C)C1N=C(C=C)c3ccccc3C12. The minimum Gasteiger partial charge on any atom is -0.478 e. The Morgan fingerprint density at radius 2 is 1.93 bits per heavy atom. The average molecular weight is 383 g/mol. The van der Waals surface area contributed by atoms with Crippen molar-refractivity contribution >= 4 is 11.4 Å². The number of hydrogen-bond acceptors (Lipinski definition) is 4. The molecule has 1 aliphatic carbocycles. The number of rotatable bonds is 3. The van der Waals surface area contributed by atoms with Gasteiger partial charge in [0.1, 0.15) is 12.5 Å². The Kier molecular flexibility index (Phi) is 4.07. The van der Waals surface area contributed by atoms with Crippen molar-refractivity contribution in [3.63, 3.8) is 0 Å². The van der Waals surface area contributed by atoms with E-state index in [1.807, 2.05) is 18.2 Å². The Morgan fingerprint density at radius 1 is 1.14 bits per heavy atom. The van der Waals surface area contributed by atoms with E-state index in [0.29, 0.717) is 12.5 Å². The maximum atomic E-state index is 5.72. The number of nitrogens with one attached hydrogen (secondary N) is 1. The van der Waals surface area contributed by atoms with Gasteiger partial charge in [-0.1, -0.05) is 50.1 Å². The fraction of sp³-hybridized carbons (Fsp3) is 0.280. The predicted octanol–water partition coefficient (Wildman–Crippen LogP) is 4.10. The molecule has 4 atom stereocenters. The van der Waals surface area contributed by atoms with Gasteiger partial charge in [0.25, 0.3) is 0 Å². The first-order valence-corrected chi connectivity index (χ1v) is 10.0. The predicted molar refractivity (Wildman–Crippen MR) is 118 cm³/mol. The van der Waals surface area contributed by atoms with Crippen LogP contribution >= 0.6 is 0 Å². The Morgan fingerprint density at radius 3 is 2.69 bits per heavy atom. The van der Waals surface area contributed by atoms with Crippen molar-refractivity contribution in [2.45, 2.75) is 23.9 Å². The van der Waals surface area contributed by atoms with E-state index in [9.17, 15) is 0 Å². The molecular formula is C25H25N3O. The van der Waals surface area contributed by atoms with Gasteiger partial charge in [-0.05, 0) is 29.7 Å². The summed E-state index contributed by atoms with van der Waals surface area (Å²) in [6, 6.07) is 8.64. The van der Waals surface area contributed by atoms with Gasteiger partial charge in [0.05, 0.1) is 23.0 Å². The maximum Gasteiger partial charge on any atom is 0.139 e. The molecule has 1 saturated carbocycles. The van der Waals surface area contributed by atoms with Gasteiger partial charge in [-0.2, -0.15) is 0 Å². The van der Waals surface area contributed by atoms with Crippen LogP contribution in [0.4, 0.5) is 0 Å². The molecule has 0 bridgehead atoms. The van der Waals surface area contributed by atoms with Crippen molar-refractivity contribution in [3.8, 4) is 0 Å². The molecule has 0 aromatic heterocycles. The highest BCUT2D eigenvalue weighted by molar-refractivity contribution is 6.13. The third kappa shape index (κ3) is 2.36. The van der Waals surface area contributed by atoms with Gasteiger partial charge in [-0.25, -0.2) is 0 Å².